The lowest BCUT2D eigenvalue weighted by Crippen LogP contribution is -2.34. The second kappa shape index (κ2) is 6.92. The second-order valence-electron chi connectivity index (χ2n) is 5.42. The summed E-state index contributed by atoms with van der Waals surface area (Å²) >= 11 is 0. The summed E-state index contributed by atoms with van der Waals surface area (Å²) in [6.45, 7) is 3.67. The van der Waals surface area contributed by atoms with E-state index in [2.05, 4.69) is 11.7 Å². The Hall–Kier alpha value is -3.54. The Morgan fingerprint density at radius 1 is 1.16 bits per heavy atom. The molecule has 0 aliphatic rings. The molecule has 0 atom stereocenters. The van der Waals surface area contributed by atoms with Crippen LogP contribution < -0.4 is 26.6 Å². The van der Waals surface area contributed by atoms with Crippen molar-refractivity contribution >= 4 is 18.6 Å². The van der Waals surface area contributed by atoms with Crippen LogP contribution in [0.1, 0.15) is 5.56 Å². The molecule has 0 aliphatic carbocycles. The van der Waals surface area contributed by atoms with E-state index in [1.807, 2.05) is 36.4 Å². The highest BCUT2D eigenvalue weighted by Crippen LogP contribution is 2.18. The van der Waals surface area contributed by atoms with Crippen LogP contribution in [0.4, 0.5) is 0 Å². The number of benzene rings is 2. The fourth-order valence-electron chi connectivity index (χ4n) is 2.44. The summed E-state index contributed by atoms with van der Waals surface area (Å²) in [5, 5.41) is 3.87. The highest BCUT2D eigenvalue weighted by molar-refractivity contribution is 5.75. The number of ether oxygens (including phenoxy) is 1. The summed E-state index contributed by atoms with van der Waals surface area (Å²) in [6, 6.07) is 16.3. The zero-order valence-corrected chi connectivity index (χ0v) is 13.4. The van der Waals surface area contributed by atoms with Crippen molar-refractivity contribution < 1.29 is 9.53 Å². The SMILES string of the molecule is C=c1[nH]n(-c2ccccc2)c(=O)/c1=C\c1ccccc1OCC(N)=O. The normalized spacial score (nSPS) is 11.4. The van der Waals surface area contributed by atoms with Gasteiger partial charge in [0.2, 0.25) is 0 Å². The third kappa shape index (κ3) is 3.53. The molecule has 0 saturated carbocycles. The predicted octanol–water partition coefficient (Wildman–Crippen LogP) is 0.269. The highest BCUT2D eigenvalue weighted by atomic mass is 16.5. The van der Waals surface area contributed by atoms with Crippen molar-refractivity contribution in [1.82, 2.24) is 9.78 Å². The van der Waals surface area contributed by atoms with Crippen LogP contribution in [-0.4, -0.2) is 22.3 Å². The summed E-state index contributed by atoms with van der Waals surface area (Å²) in [6.07, 6.45) is 1.68. The van der Waals surface area contributed by atoms with Gasteiger partial charge in [0.25, 0.3) is 11.5 Å². The van der Waals surface area contributed by atoms with Crippen LogP contribution in [0.2, 0.25) is 0 Å². The van der Waals surface area contributed by atoms with Crippen LogP contribution in [0, 0.1) is 0 Å². The number of nitrogens with zero attached hydrogens (tertiary/aromatic N) is 1. The first-order valence-corrected chi connectivity index (χ1v) is 7.63. The molecule has 3 N–H and O–H groups in total. The molecule has 3 aromatic rings. The molecule has 1 amide bonds. The molecule has 0 radical (unpaired) electrons. The molecule has 6 heteroatoms. The molecule has 0 bridgehead atoms. The van der Waals surface area contributed by atoms with Crippen molar-refractivity contribution in [2.24, 2.45) is 5.73 Å². The lowest BCUT2D eigenvalue weighted by molar-refractivity contribution is -0.119. The maximum Gasteiger partial charge on any atom is 0.279 e. The van der Waals surface area contributed by atoms with E-state index in [-0.39, 0.29) is 12.2 Å². The maximum absolute atomic E-state index is 12.7. The third-order valence-electron chi connectivity index (χ3n) is 3.61. The van der Waals surface area contributed by atoms with Crippen molar-refractivity contribution in [3.8, 4) is 11.4 Å². The minimum Gasteiger partial charge on any atom is -0.483 e. The quantitative estimate of drug-likeness (QED) is 0.701. The molecule has 126 valence electrons. The van der Waals surface area contributed by atoms with Crippen molar-refractivity contribution in [2.45, 2.75) is 0 Å². The second-order valence-corrected chi connectivity index (χ2v) is 5.42. The van der Waals surface area contributed by atoms with Crippen LogP contribution in [0.5, 0.6) is 5.75 Å². The molecule has 1 heterocycles. The van der Waals surface area contributed by atoms with Gasteiger partial charge in [0.15, 0.2) is 6.61 Å². The van der Waals surface area contributed by atoms with Crippen molar-refractivity contribution in [3.63, 3.8) is 0 Å². The molecule has 0 spiro atoms. The van der Waals surface area contributed by atoms with Gasteiger partial charge in [-0.2, -0.15) is 0 Å². The van der Waals surface area contributed by atoms with Crippen LogP contribution in [0.3, 0.4) is 0 Å². The topological polar surface area (TPSA) is 90.1 Å². The molecule has 0 unspecified atom stereocenters. The zero-order chi connectivity index (χ0) is 17.8. The zero-order valence-electron chi connectivity index (χ0n) is 13.4. The van der Waals surface area contributed by atoms with Gasteiger partial charge >= 0.3 is 0 Å². The summed E-state index contributed by atoms with van der Waals surface area (Å²) in [5.74, 6) is -0.103. The molecule has 2 aromatic carbocycles. The molecule has 0 aliphatic heterocycles. The Balaban J connectivity index is 2.09. The lowest BCUT2D eigenvalue weighted by atomic mass is 10.1. The van der Waals surface area contributed by atoms with E-state index in [1.54, 1.807) is 24.3 Å². The molecule has 25 heavy (non-hydrogen) atoms. The van der Waals surface area contributed by atoms with Crippen molar-refractivity contribution in [2.75, 3.05) is 6.61 Å². The van der Waals surface area contributed by atoms with E-state index in [9.17, 15) is 9.59 Å². The summed E-state index contributed by atoms with van der Waals surface area (Å²) in [4.78, 5) is 23.6. The average molecular weight is 335 g/mol. The number of carbonyl (C=O) groups is 1. The maximum atomic E-state index is 12.7. The molecule has 0 fully saturated rings. The number of amides is 1. The molecular weight excluding hydrogens is 318 g/mol. The number of primary amides is 1. The van der Waals surface area contributed by atoms with Crippen molar-refractivity contribution in [1.29, 1.82) is 0 Å². The van der Waals surface area contributed by atoms with Gasteiger partial charge < -0.3 is 10.5 Å². The average Bonchev–Trinajstić information content (AvgIpc) is 2.90. The predicted molar refractivity (Wildman–Crippen MR) is 95.9 cm³/mol. The smallest absolute Gasteiger partial charge is 0.279 e. The summed E-state index contributed by atoms with van der Waals surface area (Å²) in [5.41, 5.74) is 6.27. The molecule has 3 rings (SSSR count). The first kappa shape index (κ1) is 16.3. The fraction of sp³-hybridized carbons (Fsp3) is 0.0526. The first-order chi connectivity index (χ1) is 12.1. The van der Waals surface area contributed by atoms with Crippen LogP contribution in [0.25, 0.3) is 18.3 Å². The Labute approximate surface area is 143 Å². The van der Waals surface area contributed by atoms with Gasteiger partial charge in [-0.05, 0) is 24.3 Å². The number of H-pyrrole nitrogens is 1. The summed E-state index contributed by atoms with van der Waals surface area (Å²) < 4.78 is 6.83. The number of nitrogens with one attached hydrogen (secondary N) is 1. The van der Waals surface area contributed by atoms with Crippen LogP contribution in [-0.2, 0) is 4.79 Å². The van der Waals surface area contributed by atoms with Crippen molar-refractivity contribution in [3.05, 3.63) is 81.1 Å². The number of nitrogens with two attached hydrogens (primary N) is 1. The van der Waals surface area contributed by atoms with Gasteiger partial charge in [-0.25, -0.2) is 4.68 Å². The number of aromatic amines is 1. The molecular formula is C19H17N3O3. The number of rotatable bonds is 5. The van der Waals surface area contributed by atoms with E-state index in [4.69, 9.17) is 10.5 Å². The van der Waals surface area contributed by atoms with E-state index in [0.29, 0.717) is 21.9 Å². The number of para-hydroxylation sites is 2. The van der Waals surface area contributed by atoms with Gasteiger partial charge in [-0.15, -0.1) is 0 Å². The minimum atomic E-state index is -0.569. The Morgan fingerprint density at radius 2 is 1.84 bits per heavy atom. The lowest BCUT2D eigenvalue weighted by Gasteiger charge is -2.06. The number of carbonyl (C=O) groups excluding carboxylic acids is 1. The Bertz CT molecular complexity index is 1070. The minimum absolute atomic E-state index is 0.221. The Kier molecular flexibility index (Phi) is 4.52. The van der Waals surface area contributed by atoms with Gasteiger partial charge in [0, 0.05) is 5.56 Å². The third-order valence-corrected chi connectivity index (χ3v) is 3.61. The fourth-order valence-corrected chi connectivity index (χ4v) is 2.44. The van der Waals surface area contributed by atoms with E-state index >= 15 is 0 Å². The number of hydrogen-bond donors (Lipinski definition) is 2. The standard InChI is InChI=1S/C19H17N3O3/c1-13-16(19(24)22(21-13)15-8-3-2-4-9-15)11-14-7-5-6-10-17(14)25-12-18(20)23/h2-11,21H,1,12H2,(H2,20,23)/b16-11-. The van der Waals surface area contributed by atoms with Crippen LogP contribution in [0.15, 0.2) is 59.4 Å². The Morgan fingerprint density at radius 3 is 2.56 bits per heavy atom. The molecule has 1 aromatic heterocycles. The van der Waals surface area contributed by atoms with E-state index < -0.39 is 5.91 Å². The van der Waals surface area contributed by atoms with Gasteiger partial charge in [-0.1, -0.05) is 43.0 Å². The van der Waals surface area contributed by atoms with E-state index in [1.165, 1.54) is 4.68 Å². The van der Waals surface area contributed by atoms with E-state index in [0.717, 1.165) is 5.69 Å². The largest absolute Gasteiger partial charge is 0.483 e. The molecule has 6 nitrogen and oxygen atoms in total. The van der Waals surface area contributed by atoms with Crippen LogP contribution >= 0.6 is 0 Å². The molecule has 0 saturated heterocycles. The number of hydrogen-bond acceptors (Lipinski definition) is 3. The monoisotopic (exact) mass is 335 g/mol. The first-order valence-electron chi connectivity index (χ1n) is 7.63. The highest BCUT2D eigenvalue weighted by Gasteiger charge is 2.07. The van der Waals surface area contributed by atoms with Gasteiger partial charge in [0.1, 0.15) is 5.75 Å². The number of aromatic nitrogens is 2. The van der Waals surface area contributed by atoms with Gasteiger partial charge in [-0.3, -0.25) is 14.7 Å². The van der Waals surface area contributed by atoms with Gasteiger partial charge in [0.05, 0.1) is 16.3 Å². The summed E-state index contributed by atoms with van der Waals surface area (Å²) in [7, 11) is 0.